The Bertz CT molecular complexity index is 744. The summed E-state index contributed by atoms with van der Waals surface area (Å²) in [7, 11) is 0. The normalized spacial score (nSPS) is 46.4. The van der Waals surface area contributed by atoms with Crippen molar-refractivity contribution >= 4 is 11.6 Å². The predicted octanol–water partition coefficient (Wildman–Crippen LogP) is 2.36. The molecule has 5 nitrogen and oxygen atoms in total. The van der Waals surface area contributed by atoms with Crippen LogP contribution in [0.1, 0.15) is 52.9 Å². The van der Waals surface area contributed by atoms with E-state index in [-0.39, 0.29) is 22.5 Å². The number of fused-ring (bicyclic) bond motifs is 5. The van der Waals surface area contributed by atoms with E-state index in [1.54, 1.807) is 6.08 Å². The SMILES string of the molecule is CC1C[C@H]2[C@@H]3CCC4=CC(=O)C=C[C@]4(C)[C@H]3CC[C@]2(C)[C@H]1C(=O)C(O)(O)O. The quantitative estimate of drug-likeness (QED) is 0.645. The summed E-state index contributed by atoms with van der Waals surface area (Å²) in [5.74, 6) is -3.39. The first kappa shape index (κ1) is 19.0. The molecule has 0 bridgehead atoms. The number of ketones is 2. The lowest BCUT2D eigenvalue weighted by molar-refractivity contribution is -0.292. The topological polar surface area (TPSA) is 94.8 Å². The summed E-state index contributed by atoms with van der Waals surface area (Å²) in [6.45, 7) is 6.32. The van der Waals surface area contributed by atoms with Crippen LogP contribution in [-0.2, 0) is 9.59 Å². The number of Topliss-reactive ketones (excluding diaryl/α,β-unsaturated/α-hetero) is 1. The summed E-state index contributed by atoms with van der Waals surface area (Å²) in [6.07, 6.45) is 10.1. The molecule has 0 aromatic heterocycles. The van der Waals surface area contributed by atoms with Gasteiger partial charge in [-0.2, -0.15) is 0 Å². The monoisotopic (exact) mass is 374 g/mol. The van der Waals surface area contributed by atoms with Gasteiger partial charge in [-0.15, -0.1) is 0 Å². The Morgan fingerprint density at radius 2 is 1.89 bits per heavy atom. The lowest BCUT2D eigenvalue weighted by Crippen LogP contribution is -2.53. The Balaban J connectivity index is 1.68. The summed E-state index contributed by atoms with van der Waals surface area (Å²) in [6, 6.07) is 0. The molecule has 3 saturated carbocycles. The Morgan fingerprint density at radius 3 is 2.56 bits per heavy atom. The average Bonchev–Trinajstić information content (AvgIpc) is 2.84. The van der Waals surface area contributed by atoms with Gasteiger partial charge in [-0.1, -0.05) is 32.4 Å². The predicted molar refractivity (Wildman–Crippen MR) is 99.0 cm³/mol. The van der Waals surface area contributed by atoms with Gasteiger partial charge in [0.05, 0.1) is 0 Å². The summed E-state index contributed by atoms with van der Waals surface area (Å²) >= 11 is 0. The summed E-state index contributed by atoms with van der Waals surface area (Å²) in [5, 5.41) is 28.6. The van der Waals surface area contributed by atoms with Crippen LogP contribution >= 0.6 is 0 Å². The second kappa shape index (κ2) is 5.85. The van der Waals surface area contributed by atoms with Crippen molar-refractivity contribution in [1.29, 1.82) is 0 Å². The molecular formula is C22H30O5. The number of aliphatic hydroxyl groups is 3. The van der Waals surface area contributed by atoms with Gasteiger partial charge in [0.1, 0.15) is 0 Å². The number of allylic oxidation sites excluding steroid dienone is 4. The smallest absolute Gasteiger partial charge is 0.337 e. The highest BCUT2D eigenvalue weighted by Crippen LogP contribution is 2.67. The van der Waals surface area contributed by atoms with E-state index in [9.17, 15) is 24.9 Å². The number of rotatable bonds is 2. The molecule has 0 heterocycles. The zero-order valence-corrected chi connectivity index (χ0v) is 16.3. The fourth-order valence-electron chi connectivity index (χ4n) is 7.33. The van der Waals surface area contributed by atoms with E-state index < -0.39 is 17.7 Å². The maximum absolute atomic E-state index is 12.6. The number of carbonyl (C=O) groups excluding carboxylic acids is 2. The highest BCUT2D eigenvalue weighted by atomic mass is 16.7. The minimum absolute atomic E-state index is 0.00490. The first-order valence-electron chi connectivity index (χ1n) is 10.1. The van der Waals surface area contributed by atoms with Gasteiger partial charge < -0.3 is 15.3 Å². The molecule has 0 aliphatic heterocycles. The van der Waals surface area contributed by atoms with Crippen LogP contribution in [0.3, 0.4) is 0 Å². The number of carbonyl (C=O) groups is 2. The van der Waals surface area contributed by atoms with Gasteiger partial charge in [-0.25, -0.2) is 0 Å². The molecule has 27 heavy (non-hydrogen) atoms. The molecule has 3 N–H and O–H groups in total. The molecule has 0 radical (unpaired) electrons. The Hall–Kier alpha value is -1.30. The van der Waals surface area contributed by atoms with Crippen LogP contribution in [0.25, 0.3) is 0 Å². The van der Waals surface area contributed by atoms with Gasteiger partial charge in [0, 0.05) is 11.3 Å². The maximum atomic E-state index is 12.6. The minimum atomic E-state index is -3.26. The van der Waals surface area contributed by atoms with Gasteiger partial charge in [-0.05, 0) is 73.3 Å². The van der Waals surface area contributed by atoms with Crippen molar-refractivity contribution in [3.63, 3.8) is 0 Å². The fourth-order valence-corrected chi connectivity index (χ4v) is 7.33. The molecule has 1 unspecified atom stereocenters. The minimum Gasteiger partial charge on any atom is -0.337 e. The molecule has 4 aliphatic rings. The Kier molecular flexibility index (Phi) is 4.12. The van der Waals surface area contributed by atoms with Gasteiger partial charge in [0.25, 0.3) is 0 Å². The van der Waals surface area contributed by atoms with Crippen LogP contribution < -0.4 is 0 Å². The molecule has 3 fully saturated rings. The molecule has 5 heteroatoms. The second-order valence-electron chi connectivity index (χ2n) is 9.84. The highest BCUT2D eigenvalue weighted by Gasteiger charge is 2.63. The van der Waals surface area contributed by atoms with Crippen LogP contribution in [0.5, 0.6) is 0 Å². The van der Waals surface area contributed by atoms with Crippen molar-refractivity contribution in [2.45, 2.75) is 58.8 Å². The van der Waals surface area contributed by atoms with Gasteiger partial charge in [-0.3, -0.25) is 9.59 Å². The average molecular weight is 374 g/mol. The van der Waals surface area contributed by atoms with E-state index in [0.29, 0.717) is 17.8 Å². The molecule has 0 aromatic rings. The largest absolute Gasteiger partial charge is 0.339 e. The van der Waals surface area contributed by atoms with Crippen LogP contribution in [0.2, 0.25) is 0 Å². The molecule has 7 atom stereocenters. The first-order valence-corrected chi connectivity index (χ1v) is 10.1. The third-order valence-corrected chi connectivity index (χ3v) is 8.51. The van der Waals surface area contributed by atoms with E-state index >= 15 is 0 Å². The Labute approximate surface area is 160 Å². The molecular weight excluding hydrogens is 344 g/mol. The first-order chi connectivity index (χ1) is 12.5. The van der Waals surface area contributed by atoms with Crippen LogP contribution in [0.4, 0.5) is 0 Å². The van der Waals surface area contributed by atoms with Crippen molar-refractivity contribution < 1.29 is 24.9 Å². The van der Waals surface area contributed by atoms with E-state index in [1.165, 1.54) is 5.57 Å². The Morgan fingerprint density at radius 1 is 1.19 bits per heavy atom. The van der Waals surface area contributed by atoms with Crippen molar-refractivity contribution in [1.82, 2.24) is 0 Å². The van der Waals surface area contributed by atoms with Crippen LogP contribution in [-0.4, -0.2) is 32.9 Å². The zero-order chi connectivity index (χ0) is 19.8. The van der Waals surface area contributed by atoms with E-state index in [0.717, 1.165) is 32.1 Å². The van der Waals surface area contributed by atoms with Gasteiger partial charge >= 0.3 is 5.97 Å². The number of hydrogen-bond donors (Lipinski definition) is 3. The van der Waals surface area contributed by atoms with E-state index in [2.05, 4.69) is 19.9 Å². The van der Waals surface area contributed by atoms with Crippen LogP contribution in [0.15, 0.2) is 23.8 Å². The number of hydrogen-bond acceptors (Lipinski definition) is 5. The molecule has 0 spiro atoms. The van der Waals surface area contributed by atoms with Gasteiger partial charge in [0.2, 0.25) is 5.78 Å². The van der Waals surface area contributed by atoms with Gasteiger partial charge in [0.15, 0.2) is 5.78 Å². The van der Waals surface area contributed by atoms with Crippen molar-refractivity contribution in [2.24, 2.45) is 40.4 Å². The molecule has 148 valence electrons. The molecule has 0 amide bonds. The fraction of sp³-hybridized carbons (Fsp3) is 0.727. The second-order valence-corrected chi connectivity index (χ2v) is 9.84. The summed E-state index contributed by atoms with van der Waals surface area (Å²) in [5.41, 5.74) is 0.805. The molecule has 0 saturated heterocycles. The summed E-state index contributed by atoms with van der Waals surface area (Å²) in [4.78, 5) is 24.5. The summed E-state index contributed by atoms with van der Waals surface area (Å²) < 4.78 is 0. The maximum Gasteiger partial charge on any atom is 0.339 e. The van der Waals surface area contributed by atoms with E-state index in [4.69, 9.17) is 0 Å². The van der Waals surface area contributed by atoms with E-state index in [1.807, 2.05) is 13.0 Å². The lowest BCUT2D eigenvalue weighted by Gasteiger charge is -2.57. The zero-order valence-electron chi connectivity index (χ0n) is 16.3. The van der Waals surface area contributed by atoms with Crippen molar-refractivity contribution in [3.05, 3.63) is 23.8 Å². The molecule has 4 rings (SSSR count). The highest BCUT2D eigenvalue weighted by molar-refractivity contribution is 6.01. The van der Waals surface area contributed by atoms with Crippen molar-refractivity contribution in [3.8, 4) is 0 Å². The van der Waals surface area contributed by atoms with Crippen LogP contribution in [0, 0.1) is 40.4 Å². The molecule has 4 aliphatic carbocycles. The third-order valence-electron chi connectivity index (χ3n) is 8.51. The lowest BCUT2D eigenvalue weighted by atomic mass is 9.47. The third kappa shape index (κ3) is 2.62. The molecule has 0 aromatic carbocycles. The van der Waals surface area contributed by atoms with Crippen molar-refractivity contribution in [2.75, 3.05) is 0 Å². The standard InChI is InChI=1S/C22H30O5/c1-12-10-17-15-5-4-13-11-14(23)6-8-20(13,2)16(15)7-9-21(17,3)18(12)19(24)22(25,26)27/h6,8,11-12,15-18,25-27H,4-5,7,9-10H2,1-3H3/t12?,15-,16+,17+,18-,20+,21+/m1/s1.